The Morgan fingerprint density at radius 3 is 2.76 bits per heavy atom. The maximum atomic E-state index is 10.8. The van der Waals surface area contributed by atoms with Crippen molar-refractivity contribution in [3.8, 4) is 0 Å². The third-order valence-electron chi connectivity index (χ3n) is 5.17. The third kappa shape index (κ3) is 3.15. The van der Waals surface area contributed by atoms with Crippen molar-refractivity contribution in [2.75, 3.05) is 26.8 Å². The highest BCUT2D eigenvalue weighted by Gasteiger charge is 2.34. The van der Waals surface area contributed by atoms with E-state index in [1.807, 2.05) is 6.07 Å². The van der Waals surface area contributed by atoms with Gasteiger partial charge in [0.05, 0.1) is 12.7 Å². The number of nitrogens with zero attached hydrogens (tertiary/aromatic N) is 1. The van der Waals surface area contributed by atoms with Crippen molar-refractivity contribution in [1.82, 2.24) is 4.90 Å². The van der Waals surface area contributed by atoms with E-state index in [0.717, 1.165) is 31.7 Å². The Morgan fingerprint density at radius 1 is 1.29 bits per heavy atom. The van der Waals surface area contributed by atoms with Gasteiger partial charge in [-0.1, -0.05) is 31.2 Å². The van der Waals surface area contributed by atoms with Gasteiger partial charge in [0.2, 0.25) is 0 Å². The van der Waals surface area contributed by atoms with Crippen LogP contribution in [-0.2, 0) is 4.74 Å². The summed E-state index contributed by atoms with van der Waals surface area (Å²) in [5.74, 6) is 1.13. The van der Waals surface area contributed by atoms with Crippen LogP contribution in [0.25, 0.3) is 0 Å². The minimum Gasteiger partial charge on any atom is -0.387 e. The van der Waals surface area contributed by atoms with Crippen LogP contribution >= 0.6 is 0 Å². The fraction of sp³-hybridized carbons (Fsp3) is 0.667. The van der Waals surface area contributed by atoms with Crippen LogP contribution in [0.3, 0.4) is 0 Å². The first kappa shape index (κ1) is 15.0. The topological polar surface area (TPSA) is 32.7 Å². The average molecular weight is 289 g/mol. The van der Waals surface area contributed by atoms with Gasteiger partial charge < -0.3 is 14.7 Å². The van der Waals surface area contributed by atoms with Crippen molar-refractivity contribution in [3.63, 3.8) is 0 Å². The Morgan fingerprint density at radius 2 is 2.05 bits per heavy atom. The Balaban J connectivity index is 1.71. The molecule has 0 aromatic heterocycles. The summed E-state index contributed by atoms with van der Waals surface area (Å²) in [6.07, 6.45) is 3.08. The summed E-state index contributed by atoms with van der Waals surface area (Å²) in [7, 11) is 2.16. The molecule has 0 radical (unpaired) electrons. The van der Waals surface area contributed by atoms with E-state index in [9.17, 15) is 5.11 Å². The molecule has 1 N–H and O–H groups in total. The van der Waals surface area contributed by atoms with Crippen LogP contribution in [0, 0.1) is 5.92 Å². The van der Waals surface area contributed by atoms with E-state index in [4.69, 9.17) is 4.74 Å². The van der Waals surface area contributed by atoms with Crippen LogP contribution in [0.1, 0.15) is 49.3 Å². The minimum absolute atomic E-state index is 0.219. The zero-order chi connectivity index (χ0) is 14.8. The lowest BCUT2D eigenvalue weighted by Crippen LogP contribution is -2.44. The summed E-state index contributed by atoms with van der Waals surface area (Å²) in [4.78, 5) is 2.36. The van der Waals surface area contributed by atoms with Gasteiger partial charge in [0.25, 0.3) is 0 Å². The standard InChI is InChI=1S/C18H27NO2/c1-13-10-17(18(20)16-8-4-3-7-15(13)16)19(2)11-14-6-5-9-21-12-14/h3-4,7-8,13-14,17-18,20H,5-6,9-12H2,1-2H3. The summed E-state index contributed by atoms with van der Waals surface area (Å²) in [6.45, 7) is 5.09. The number of rotatable bonds is 3. The van der Waals surface area contributed by atoms with Crippen LogP contribution < -0.4 is 0 Å². The van der Waals surface area contributed by atoms with Gasteiger partial charge in [-0.2, -0.15) is 0 Å². The highest BCUT2D eigenvalue weighted by Crippen LogP contribution is 2.39. The zero-order valence-corrected chi connectivity index (χ0v) is 13.2. The highest BCUT2D eigenvalue weighted by atomic mass is 16.5. The molecule has 0 bridgehead atoms. The molecule has 3 heteroatoms. The van der Waals surface area contributed by atoms with Crippen LogP contribution in [-0.4, -0.2) is 42.9 Å². The lowest BCUT2D eigenvalue weighted by molar-refractivity contribution is 0.00545. The first-order chi connectivity index (χ1) is 10.2. The second kappa shape index (κ2) is 6.47. The number of fused-ring (bicyclic) bond motifs is 1. The molecule has 4 unspecified atom stereocenters. The second-order valence-electron chi connectivity index (χ2n) is 6.80. The molecule has 1 saturated heterocycles. The molecule has 2 aliphatic rings. The maximum Gasteiger partial charge on any atom is 0.0948 e. The summed E-state index contributed by atoms with van der Waals surface area (Å²) < 4.78 is 5.59. The maximum absolute atomic E-state index is 10.8. The summed E-state index contributed by atoms with van der Waals surface area (Å²) >= 11 is 0. The van der Waals surface area contributed by atoms with Crippen LogP contribution in [0.2, 0.25) is 0 Å². The minimum atomic E-state index is -0.369. The van der Waals surface area contributed by atoms with Gasteiger partial charge in [0, 0.05) is 19.2 Å². The summed E-state index contributed by atoms with van der Waals surface area (Å²) in [6, 6.07) is 8.57. The van der Waals surface area contributed by atoms with Crippen LogP contribution in [0.4, 0.5) is 0 Å². The van der Waals surface area contributed by atoms with E-state index in [2.05, 4.69) is 37.1 Å². The van der Waals surface area contributed by atoms with Crippen LogP contribution in [0.5, 0.6) is 0 Å². The summed E-state index contributed by atoms with van der Waals surface area (Å²) in [5.41, 5.74) is 2.43. The van der Waals surface area contributed by atoms with Crippen molar-refractivity contribution < 1.29 is 9.84 Å². The van der Waals surface area contributed by atoms with Crippen molar-refractivity contribution in [1.29, 1.82) is 0 Å². The van der Waals surface area contributed by atoms with Crippen LogP contribution in [0.15, 0.2) is 24.3 Å². The predicted molar refractivity (Wildman–Crippen MR) is 84.4 cm³/mol. The number of ether oxygens (including phenoxy) is 1. The van der Waals surface area contributed by atoms with E-state index < -0.39 is 0 Å². The second-order valence-corrected chi connectivity index (χ2v) is 6.80. The van der Waals surface area contributed by atoms with Gasteiger partial charge in [-0.25, -0.2) is 0 Å². The van der Waals surface area contributed by atoms with Gasteiger partial charge in [0.15, 0.2) is 0 Å². The Hall–Kier alpha value is -0.900. The van der Waals surface area contributed by atoms with E-state index in [1.54, 1.807) is 0 Å². The molecule has 4 atom stereocenters. The third-order valence-corrected chi connectivity index (χ3v) is 5.17. The van der Waals surface area contributed by atoms with Crippen molar-refractivity contribution in [2.45, 2.75) is 44.2 Å². The molecule has 1 fully saturated rings. The molecular formula is C18H27NO2. The SMILES string of the molecule is CC1CC(N(C)CC2CCCOC2)C(O)c2ccccc21. The normalized spacial score (nSPS) is 33.0. The lowest BCUT2D eigenvalue weighted by Gasteiger charge is -2.40. The van der Waals surface area contributed by atoms with E-state index in [1.165, 1.54) is 18.4 Å². The molecule has 3 nitrogen and oxygen atoms in total. The zero-order valence-electron chi connectivity index (χ0n) is 13.2. The number of benzene rings is 1. The van der Waals surface area contributed by atoms with Gasteiger partial charge in [0.1, 0.15) is 0 Å². The molecule has 116 valence electrons. The molecule has 0 amide bonds. The average Bonchev–Trinajstić information content (AvgIpc) is 2.52. The lowest BCUT2D eigenvalue weighted by atomic mass is 9.78. The Kier molecular flexibility index (Phi) is 4.63. The van der Waals surface area contributed by atoms with Crippen molar-refractivity contribution in [3.05, 3.63) is 35.4 Å². The molecule has 1 aliphatic heterocycles. The predicted octanol–water partition coefficient (Wildman–Crippen LogP) is 2.95. The Bertz CT molecular complexity index is 470. The fourth-order valence-corrected chi connectivity index (χ4v) is 3.97. The van der Waals surface area contributed by atoms with E-state index in [0.29, 0.717) is 11.8 Å². The largest absolute Gasteiger partial charge is 0.387 e. The molecule has 0 saturated carbocycles. The van der Waals surface area contributed by atoms with Gasteiger partial charge in [-0.3, -0.25) is 0 Å². The highest BCUT2D eigenvalue weighted by molar-refractivity contribution is 5.35. The first-order valence-corrected chi connectivity index (χ1v) is 8.21. The molecule has 1 aliphatic carbocycles. The van der Waals surface area contributed by atoms with Gasteiger partial charge in [-0.05, 0) is 49.3 Å². The quantitative estimate of drug-likeness (QED) is 0.928. The monoisotopic (exact) mass is 289 g/mol. The first-order valence-electron chi connectivity index (χ1n) is 8.21. The van der Waals surface area contributed by atoms with Gasteiger partial charge in [-0.15, -0.1) is 0 Å². The van der Waals surface area contributed by atoms with Crippen molar-refractivity contribution >= 4 is 0 Å². The molecule has 1 aromatic rings. The van der Waals surface area contributed by atoms with E-state index in [-0.39, 0.29) is 12.1 Å². The number of aliphatic hydroxyl groups is 1. The number of hydrogen-bond donors (Lipinski definition) is 1. The van der Waals surface area contributed by atoms with Gasteiger partial charge >= 0.3 is 0 Å². The number of likely N-dealkylation sites (N-methyl/N-ethyl adjacent to an activating group) is 1. The number of hydrogen-bond acceptors (Lipinski definition) is 3. The smallest absolute Gasteiger partial charge is 0.0948 e. The molecule has 3 rings (SSSR count). The number of aliphatic hydroxyl groups excluding tert-OH is 1. The molecule has 1 heterocycles. The Labute approximate surface area is 127 Å². The van der Waals surface area contributed by atoms with E-state index >= 15 is 0 Å². The molecule has 1 aromatic carbocycles. The summed E-state index contributed by atoms with van der Waals surface area (Å²) in [5, 5.41) is 10.8. The molecule has 21 heavy (non-hydrogen) atoms. The van der Waals surface area contributed by atoms with Crippen molar-refractivity contribution in [2.24, 2.45) is 5.92 Å². The molecule has 0 spiro atoms. The fourth-order valence-electron chi connectivity index (χ4n) is 3.97. The molecular weight excluding hydrogens is 262 g/mol.